The molecule has 3 aromatic rings. The van der Waals surface area contributed by atoms with Gasteiger partial charge in [-0.3, -0.25) is 9.69 Å². The minimum Gasteiger partial charge on any atom is -0.496 e. The Kier molecular flexibility index (Phi) is 9.49. The van der Waals surface area contributed by atoms with Gasteiger partial charge in [0.1, 0.15) is 17.4 Å². The standard InChI is InChI=1S/C32H42N4O4S/c1-19-14-20(2)28(21(3)15-19)41-40-29-25(22(4)34-31(33)35-29)17-24-12-11-23(16-27(24)38-8)18-36-13-9-10-26(36)30(37)39-32(5,6)7/h11-12,14-16,26H,9-10,13,17-18H2,1-8H3,(H2,33,34,35)/t26-/m1/s1. The summed E-state index contributed by atoms with van der Waals surface area (Å²) in [6.07, 6.45) is 2.29. The number of nitrogens with zero attached hydrogens (tertiary/aromatic N) is 3. The van der Waals surface area contributed by atoms with Crippen LogP contribution in [0.25, 0.3) is 0 Å². The lowest BCUT2D eigenvalue weighted by atomic mass is 10.0. The Morgan fingerprint density at radius 3 is 2.46 bits per heavy atom. The van der Waals surface area contributed by atoms with Crippen molar-refractivity contribution in [1.29, 1.82) is 0 Å². The first-order valence-electron chi connectivity index (χ1n) is 14.0. The Morgan fingerprint density at radius 2 is 1.80 bits per heavy atom. The van der Waals surface area contributed by atoms with Crippen LogP contribution in [0.2, 0.25) is 0 Å². The molecule has 0 spiro atoms. The highest BCUT2D eigenvalue weighted by molar-refractivity contribution is 7.95. The van der Waals surface area contributed by atoms with E-state index >= 15 is 0 Å². The zero-order valence-electron chi connectivity index (χ0n) is 25.5. The second-order valence-electron chi connectivity index (χ2n) is 11.8. The van der Waals surface area contributed by atoms with E-state index in [4.69, 9.17) is 19.4 Å². The first kappa shape index (κ1) is 30.7. The monoisotopic (exact) mass is 578 g/mol. The number of aryl methyl sites for hydroxylation is 4. The third kappa shape index (κ3) is 7.71. The van der Waals surface area contributed by atoms with Crippen LogP contribution in [0.5, 0.6) is 11.6 Å². The number of likely N-dealkylation sites (tertiary alicyclic amines) is 1. The molecule has 220 valence electrons. The minimum absolute atomic E-state index is 0.154. The average molecular weight is 579 g/mol. The smallest absolute Gasteiger partial charge is 0.323 e. The maximum absolute atomic E-state index is 12.8. The predicted molar refractivity (Wildman–Crippen MR) is 163 cm³/mol. The van der Waals surface area contributed by atoms with E-state index in [0.29, 0.717) is 18.8 Å². The zero-order chi connectivity index (χ0) is 29.9. The maximum Gasteiger partial charge on any atom is 0.323 e. The summed E-state index contributed by atoms with van der Waals surface area (Å²) in [6, 6.07) is 10.2. The van der Waals surface area contributed by atoms with Crippen LogP contribution in [0.4, 0.5) is 5.95 Å². The van der Waals surface area contributed by atoms with Crippen LogP contribution in [0, 0.1) is 27.7 Å². The van der Waals surface area contributed by atoms with Gasteiger partial charge in [-0.15, -0.1) is 0 Å². The quantitative estimate of drug-likeness (QED) is 0.232. The van der Waals surface area contributed by atoms with Crippen LogP contribution in [0.1, 0.15) is 72.7 Å². The van der Waals surface area contributed by atoms with Gasteiger partial charge in [-0.05, 0) is 96.2 Å². The van der Waals surface area contributed by atoms with Crippen LogP contribution in [-0.2, 0) is 22.5 Å². The van der Waals surface area contributed by atoms with Crippen molar-refractivity contribution in [3.8, 4) is 11.6 Å². The Labute approximate surface area is 248 Å². The molecule has 1 saturated heterocycles. The van der Waals surface area contributed by atoms with Crippen LogP contribution in [0.3, 0.4) is 0 Å². The molecule has 1 aliphatic rings. The number of anilines is 1. The summed E-state index contributed by atoms with van der Waals surface area (Å²) in [5, 5.41) is 0. The van der Waals surface area contributed by atoms with Gasteiger partial charge < -0.3 is 19.4 Å². The van der Waals surface area contributed by atoms with Crippen molar-refractivity contribution in [2.24, 2.45) is 0 Å². The number of ether oxygens (including phenoxy) is 2. The van der Waals surface area contributed by atoms with E-state index in [1.54, 1.807) is 7.11 Å². The number of nitrogens with two attached hydrogens (primary N) is 1. The third-order valence-electron chi connectivity index (χ3n) is 7.15. The summed E-state index contributed by atoms with van der Waals surface area (Å²) in [7, 11) is 1.67. The summed E-state index contributed by atoms with van der Waals surface area (Å²) in [5.41, 5.74) is 12.7. The highest BCUT2D eigenvalue weighted by Gasteiger charge is 2.34. The lowest BCUT2D eigenvalue weighted by molar-refractivity contribution is -0.160. The number of carbonyl (C=O) groups excluding carboxylic acids is 1. The molecule has 1 fully saturated rings. The van der Waals surface area contributed by atoms with Gasteiger partial charge in [0.15, 0.2) is 0 Å². The van der Waals surface area contributed by atoms with Crippen molar-refractivity contribution in [1.82, 2.24) is 14.9 Å². The van der Waals surface area contributed by atoms with Gasteiger partial charge in [-0.25, -0.2) is 4.98 Å². The fourth-order valence-corrected chi connectivity index (χ4v) is 6.03. The minimum atomic E-state index is -0.501. The number of hydrogen-bond donors (Lipinski definition) is 1. The first-order chi connectivity index (χ1) is 19.3. The Balaban J connectivity index is 1.54. The van der Waals surface area contributed by atoms with Crippen molar-refractivity contribution >= 4 is 24.0 Å². The molecule has 41 heavy (non-hydrogen) atoms. The molecule has 0 saturated carbocycles. The highest BCUT2D eigenvalue weighted by atomic mass is 32.2. The highest BCUT2D eigenvalue weighted by Crippen LogP contribution is 2.34. The van der Waals surface area contributed by atoms with Gasteiger partial charge in [0.25, 0.3) is 0 Å². The molecular weight excluding hydrogens is 536 g/mol. The number of hydrogen-bond acceptors (Lipinski definition) is 9. The lowest BCUT2D eigenvalue weighted by Gasteiger charge is -2.27. The van der Waals surface area contributed by atoms with E-state index in [0.717, 1.165) is 63.5 Å². The van der Waals surface area contributed by atoms with Gasteiger partial charge in [0, 0.05) is 18.5 Å². The van der Waals surface area contributed by atoms with Crippen LogP contribution in [0.15, 0.2) is 35.2 Å². The molecule has 1 aliphatic heterocycles. The van der Waals surface area contributed by atoms with Crippen molar-refractivity contribution < 1.29 is 18.5 Å². The van der Waals surface area contributed by atoms with Gasteiger partial charge in [-0.1, -0.05) is 29.8 Å². The van der Waals surface area contributed by atoms with E-state index < -0.39 is 5.60 Å². The number of nitrogen functional groups attached to an aromatic ring is 1. The van der Waals surface area contributed by atoms with Crippen molar-refractivity contribution in [3.05, 3.63) is 69.4 Å². The molecule has 0 unspecified atom stereocenters. The van der Waals surface area contributed by atoms with Crippen molar-refractivity contribution in [3.63, 3.8) is 0 Å². The summed E-state index contributed by atoms with van der Waals surface area (Å²) < 4.78 is 17.7. The summed E-state index contributed by atoms with van der Waals surface area (Å²) in [6.45, 7) is 15.4. The SMILES string of the molecule is COc1cc(CN2CCC[C@@H]2C(=O)OC(C)(C)C)ccc1Cc1c(C)nc(N)nc1OSc1c(C)cc(C)cc1C. The second kappa shape index (κ2) is 12.7. The average Bonchev–Trinajstić information content (AvgIpc) is 3.33. The number of rotatable bonds is 9. The van der Waals surface area contributed by atoms with Crippen LogP contribution in [-0.4, -0.2) is 46.1 Å². The van der Waals surface area contributed by atoms with E-state index in [-0.39, 0.29) is 18.0 Å². The molecule has 1 aromatic heterocycles. The number of benzene rings is 2. The summed E-state index contributed by atoms with van der Waals surface area (Å²) >= 11 is 1.29. The Hall–Kier alpha value is -3.30. The predicted octanol–water partition coefficient (Wildman–Crippen LogP) is 6.28. The Bertz CT molecular complexity index is 1400. The van der Waals surface area contributed by atoms with Crippen LogP contribution < -0.4 is 14.7 Å². The molecule has 9 heteroatoms. The molecule has 0 bridgehead atoms. The second-order valence-corrected chi connectivity index (χ2v) is 12.6. The van der Waals surface area contributed by atoms with Crippen molar-refractivity contribution in [2.45, 2.75) is 90.8 Å². The fourth-order valence-electron chi connectivity index (χ4n) is 5.35. The summed E-state index contributed by atoms with van der Waals surface area (Å²) in [5.74, 6) is 1.23. The van der Waals surface area contributed by atoms with E-state index in [1.807, 2.05) is 33.8 Å². The van der Waals surface area contributed by atoms with Gasteiger partial charge in [0.2, 0.25) is 11.8 Å². The molecule has 8 nitrogen and oxygen atoms in total. The number of carbonyl (C=O) groups is 1. The lowest BCUT2D eigenvalue weighted by Crippen LogP contribution is -2.40. The molecule has 1 atom stereocenters. The molecule has 0 amide bonds. The van der Waals surface area contributed by atoms with Crippen molar-refractivity contribution in [2.75, 3.05) is 19.4 Å². The van der Waals surface area contributed by atoms with E-state index in [1.165, 1.54) is 17.6 Å². The molecular formula is C32H42N4O4S. The first-order valence-corrected chi connectivity index (χ1v) is 14.8. The van der Waals surface area contributed by atoms with Crippen LogP contribution >= 0.6 is 12.0 Å². The molecule has 0 aliphatic carbocycles. The summed E-state index contributed by atoms with van der Waals surface area (Å²) in [4.78, 5) is 24.9. The van der Waals surface area contributed by atoms with Gasteiger partial charge in [0.05, 0.1) is 29.7 Å². The van der Waals surface area contributed by atoms with E-state index in [9.17, 15) is 4.79 Å². The van der Waals surface area contributed by atoms with Gasteiger partial charge >= 0.3 is 5.97 Å². The maximum atomic E-state index is 12.8. The third-order valence-corrected chi connectivity index (χ3v) is 8.20. The molecule has 0 radical (unpaired) electrons. The number of aromatic nitrogens is 2. The fraction of sp³-hybridized carbons (Fsp3) is 0.469. The molecule has 4 rings (SSSR count). The topological polar surface area (TPSA) is 99.8 Å². The normalized spacial score (nSPS) is 15.7. The largest absolute Gasteiger partial charge is 0.496 e. The van der Waals surface area contributed by atoms with E-state index in [2.05, 4.69) is 59.9 Å². The molecule has 2 N–H and O–H groups in total. The van der Waals surface area contributed by atoms with Gasteiger partial charge in [-0.2, -0.15) is 4.98 Å². The number of esters is 1. The Morgan fingerprint density at radius 1 is 1.10 bits per heavy atom. The zero-order valence-corrected chi connectivity index (χ0v) is 26.3. The molecule has 2 aromatic carbocycles. The molecule has 2 heterocycles. The number of methoxy groups -OCH3 is 1.